The lowest BCUT2D eigenvalue weighted by molar-refractivity contribution is -0.144. The number of allylic oxidation sites excluding steroid dienone is 2. The first kappa shape index (κ1) is 23.4. The predicted molar refractivity (Wildman–Crippen MR) is 123 cm³/mol. The molecule has 166 valence electrons. The van der Waals surface area contributed by atoms with Crippen LogP contribution in [-0.4, -0.2) is 44.7 Å². The highest BCUT2D eigenvalue weighted by Gasteiger charge is 2.46. The highest BCUT2D eigenvalue weighted by molar-refractivity contribution is 6.43. The van der Waals surface area contributed by atoms with Crippen LogP contribution in [0.3, 0.4) is 0 Å². The lowest BCUT2D eigenvalue weighted by atomic mass is 9.67. The number of esters is 1. The number of nitrogens with zero attached hydrogens (tertiary/aromatic N) is 1. The van der Waals surface area contributed by atoms with E-state index in [-0.39, 0.29) is 24.6 Å². The minimum absolute atomic E-state index is 0.198. The molecule has 6 heteroatoms. The van der Waals surface area contributed by atoms with Crippen molar-refractivity contribution in [1.29, 1.82) is 0 Å². The molecule has 2 aliphatic rings. The van der Waals surface area contributed by atoms with Gasteiger partial charge in [0.05, 0.1) is 5.02 Å². The summed E-state index contributed by atoms with van der Waals surface area (Å²) in [4.78, 5) is 13.8. The first-order valence-electron chi connectivity index (χ1n) is 11.0. The SMILES string of the molecule is CCC[C@]12CCC=CC1c1c(cc(OCCOC(=O)CCCN(C)C)c(Cl)c1Cl)C2. The summed E-state index contributed by atoms with van der Waals surface area (Å²) in [7, 11) is 3.97. The summed E-state index contributed by atoms with van der Waals surface area (Å²) in [6.07, 6.45) is 11.5. The summed E-state index contributed by atoms with van der Waals surface area (Å²) < 4.78 is 11.1. The molecule has 30 heavy (non-hydrogen) atoms. The van der Waals surface area contributed by atoms with E-state index < -0.39 is 0 Å². The van der Waals surface area contributed by atoms with E-state index >= 15 is 0 Å². The second-order valence-electron chi connectivity index (χ2n) is 8.78. The average molecular weight is 454 g/mol. The summed E-state index contributed by atoms with van der Waals surface area (Å²) in [5, 5.41) is 1.07. The molecule has 0 fully saturated rings. The number of halogens is 2. The summed E-state index contributed by atoms with van der Waals surface area (Å²) in [6.45, 7) is 3.58. The number of hydrogen-bond acceptors (Lipinski definition) is 4. The smallest absolute Gasteiger partial charge is 0.305 e. The molecule has 0 aromatic heterocycles. The fourth-order valence-corrected chi connectivity index (χ4v) is 5.53. The zero-order valence-electron chi connectivity index (χ0n) is 18.3. The van der Waals surface area contributed by atoms with E-state index in [9.17, 15) is 4.79 Å². The standard InChI is InChI=1S/C24H33Cl2NO3/c1-4-10-24-11-6-5-8-18(24)21-17(16-24)15-19(22(25)23(21)26)29-13-14-30-20(28)9-7-12-27(2)3/h5,8,15,18H,4,6-7,9-14,16H2,1-3H3/t18?,24-/m1/s1. The van der Waals surface area contributed by atoms with Crippen LogP contribution >= 0.6 is 23.2 Å². The van der Waals surface area contributed by atoms with Gasteiger partial charge >= 0.3 is 5.97 Å². The minimum Gasteiger partial charge on any atom is -0.488 e. The van der Waals surface area contributed by atoms with Gasteiger partial charge in [-0.15, -0.1) is 0 Å². The van der Waals surface area contributed by atoms with Crippen LogP contribution in [0.5, 0.6) is 5.75 Å². The molecule has 0 radical (unpaired) electrons. The topological polar surface area (TPSA) is 38.8 Å². The van der Waals surface area contributed by atoms with Gasteiger partial charge in [0.2, 0.25) is 0 Å². The lowest BCUT2D eigenvalue weighted by Crippen LogP contribution is -2.27. The van der Waals surface area contributed by atoms with E-state index in [1.807, 2.05) is 25.1 Å². The summed E-state index contributed by atoms with van der Waals surface area (Å²) in [5.74, 6) is 0.720. The quantitative estimate of drug-likeness (QED) is 0.246. The van der Waals surface area contributed by atoms with Crippen LogP contribution in [0.25, 0.3) is 0 Å². The van der Waals surface area contributed by atoms with Crippen molar-refractivity contribution in [2.45, 2.75) is 57.8 Å². The molecule has 0 saturated carbocycles. The van der Waals surface area contributed by atoms with Gasteiger partial charge in [-0.1, -0.05) is 48.7 Å². The molecule has 0 N–H and O–H groups in total. The van der Waals surface area contributed by atoms with Crippen molar-refractivity contribution in [3.05, 3.63) is 39.4 Å². The number of ether oxygens (including phenoxy) is 2. The van der Waals surface area contributed by atoms with E-state index in [0.717, 1.165) is 32.2 Å². The largest absolute Gasteiger partial charge is 0.488 e. The van der Waals surface area contributed by atoms with Gasteiger partial charge in [-0.05, 0) is 75.4 Å². The maximum Gasteiger partial charge on any atom is 0.305 e. The summed E-state index contributed by atoms with van der Waals surface area (Å²) in [5.41, 5.74) is 2.66. The number of fused-ring (bicyclic) bond motifs is 3. The molecule has 1 aromatic carbocycles. The third-order valence-electron chi connectivity index (χ3n) is 6.29. The zero-order valence-corrected chi connectivity index (χ0v) is 19.8. The van der Waals surface area contributed by atoms with Gasteiger partial charge in [0.1, 0.15) is 24.0 Å². The second kappa shape index (κ2) is 10.4. The van der Waals surface area contributed by atoms with E-state index in [1.54, 1.807) is 0 Å². The Morgan fingerprint density at radius 3 is 2.80 bits per heavy atom. The van der Waals surface area contributed by atoms with E-state index in [4.69, 9.17) is 32.7 Å². The number of hydrogen-bond donors (Lipinski definition) is 0. The maximum absolute atomic E-state index is 11.8. The first-order valence-corrected chi connectivity index (χ1v) is 11.7. The van der Waals surface area contributed by atoms with Crippen molar-refractivity contribution < 1.29 is 14.3 Å². The Kier molecular flexibility index (Phi) is 8.11. The van der Waals surface area contributed by atoms with Crippen molar-refractivity contribution in [2.24, 2.45) is 5.41 Å². The Hall–Kier alpha value is -1.23. The number of rotatable bonds is 10. The van der Waals surface area contributed by atoms with Gasteiger partial charge in [-0.3, -0.25) is 4.79 Å². The van der Waals surface area contributed by atoms with Crippen LogP contribution in [-0.2, 0) is 16.0 Å². The third-order valence-corrected chi connectivity index (χ3v) is 7.15. The van der Waals surface area contributed by atoms with Gasteiger partial charge in [-0.25, -0.2) is 0 Å². The number of carbonyl (C=O) groups excluding carboxylic acids is 1. The molecule has 0 heterocycles. The molecule has 0 saturated heterocycles. The molecule has 4 nitrogen and oxygen atoms in total. The van der Waals surface area contributed by atoms with Crippen LogP contribution in [0.1, 0.15) is 62.5 Å². The molecule has 0 bridgehead atoms. The van der Waals surface area contributed by atoms with Crippen molar-refractivity contribution >= 4 is 29.2 Å². The van der Waals surface area contributed by atoms with Crippen molar-refractivity contribution in [3.8, 4) is 5.75 Å². The first-order chi connectivity index (χ1) is 14.4. The molecular formula is C24H33Cl2NO3. The Labute approximate surface area is 190 Å². The third kappa shape index (κ3) is 5.15. The van der Waals surface area contributed by atoms with Gasteiger partial charge in [-0.2, -0.15) is 0 Å². The normalized spacial score (nSPS) is 22.1. The average Bonchev–Trinajstić information content (AvgIpc) is 3.02. The molecule has 0 amide bonds. The zero-order chi connectivity index (χ0) is 21.7. The number of carbonyl (C=O) groups is 1. The van der Waals surface area contributed by atoms with E-state index in [0.29, 0.717) is 28.1 Å². The molecule has 1 aromatic rings. The van der Waals surface area contributed by atoms with Gasteiger partial charge < -0.3 is 14.4 Å². The van der Waals surface area contributed by atoms with Gasteiger partial charge in [0.15, 0.2) is 0 Å². The summed E-state index contributed by atoms with van der Waals surface area (Å²) >= 11 is 13.3. The molecule has 3 rings (SSSR count). The fourth-order valence-electron chi connectivity index (χ4n) is 4.98. The Bertz CT molecular complexity index is 793. The molecule has 2 atom stereocenters. The molecule has 0 spiro atoms. The number of benzene rings is 1. The van der Waals surface area contributed by atoms with E-state index in [2.05, 4.69) is 19.1 Å². The maximum atomic E-state index is 11.8. The highest BCUT2D eigenvalue weighted by atomic mass is 35.5. The van der Waals surface area contributed by atoms with Crippen molar-refractivity contribution in [1.82, 2.24) is 4.90 Å². The van der Waals surface area contributed by atoms with Crippen LogP contribution in [0, 0.1) is 5.41 Å². The van der Waals surface area contributed by atoms with E-state index in [1.165, 1.54) is 24.0 Å². The second-order valence-corrected chi connectivity index (χ2v) is 9.54. The van der Waals surface area contributed by atoms with Gasteiger partial charge in [0, 0.05) is 12.3 Å². The minimum atomic E-state index is -0.198. The fraction of sp³-hybridized carbons (Fsp3) is 0.625. The summed E-state index contributed by atoms with van der Waals surface area (Å²) in [6, 6.07) is 2.05. The predicted octanol–water partition coefficient (Wildman–Crippen LogP) is 6.03. The van der Waals surface area contributed by atoms with Crippen LogP contribution in [0.2, 0.25) is 10.0 Å². The Balaban J connectivity index is 1.62. The Morgan fingerprint density at radius 1 is 1.27 bits per heavy atom. The van der Waals surface area contributed by atoms with Crippen molar-refractivity contribution in [3.63, 3.8) is 0 Å². The van der Waals surface area contributed by atoms with Crippen LogP contribution < -0.4 is 4.74 Å². The Morgan fingerprint density at radius 2 is 2.07 bits per heavy atom. The molecule has 2 aliphatic carbocycles. The van der Waals surface area contributed by atoms with Gasteiger partial charge in [0.25, 0.3) is 0 Å². The molecule has 0 aliphatic heterocycles. The van der Waals surface area contributed by atoms with Crippen LogP contribution in [0.15, 0.2) is 18.2 Å². The molecular weight excluding hydrogens is 421 g/mol. The van der Waals surface area contributed by atoms with Crippen molar-refractivity contribution in [2.75, 3.05) is 33.9 Å². The molecule has 1 unspecified atom stereocenters. The monoisotopic (exact) mass is 453 g/mol. The highest BCUT2D eigenvalue weighted by Crippen LogP contribution is 2.59. The lowest BCUT2D eigenvalue weighted by Gasteiger charge is -2.37. The van der Waals surface area contributed by atoms with Crippen LogP contribution in [0.4, 0.5) is 0 Å².